The number of nitrogens with zero attached hydrogens (tertiary/aromatic N) is 1. The lowest BCUT2D eigenvalue weighted by atomic mass is 9.94. The maximum absolute atomic E-state index is 7.23. The summed E-state index contributed by atoms with van der Waals surface area (Å²) in [4.78, 5) is 2.36. The topological polar surface area (TPSA) is 16.4 Å². The molecule has 10 aromatic carbocycles. The van der Waals surface area contributed by atoms with Gasteiger partial charge in [-0.05, 0) is 103 Å². The van der Waals surface area contributed by atoms with E-state index in [-0.39, 0.29) is 0 Å². The third kappa shape index (κ3) is 5.34. The maximum Gasteiger partial charge on any atom is 0.159 e. The summed E-state index contributed by atoms with van der Waals surface area (Å²) in [6.07, 6.45) is 0. The van der Waals surface area contributed by atoms with E-state index in [1.54, 1.807) is 0 Å². The fourth-order valence-corrected chi connectivity index (χ4v) is 8.49. The Morgan fingerprint density at radius 1 is 0.286 bits per heavy atom. The minimum atomic E-state index is 0.852. The van der Waals surface area contributed by atoms with Gasteiger partial charge in [0.2, 0.25) is 0 Å². The first kappa shape index (κ1) is 32.0. The lowest BCUT2D eigenvalue weighted by Crippen LogP contribution is -2.10. The van der Waals surface area contributed by atoms with Crippen molar-refractivity contribution in [3.63, 3.8) is 0 Å². The minimum absolute atomic E-state index is 0.852. The van der Waals surface area contributed by atoms with Crippen molar-refractivity contribution in [3.8, 4) is 33.4 Å². The Morgan fingerprint density at radius 2 is 0.768 bits per heavy atom. The summed E-state index contributed by atoms with van der Waals surface area (Å²) < 4.78 is 7.23. The van der Waals surface area contributed by atoms with Crippen LogP contribution < -0.4 is 4.90 Å². The minimum Gasteiger partial charge on any atom is -0.453 e. The van der Waals surface area contributed by atoms with Crippen LogP contribution in [0.15, 0.2) is 217 Å². The summed E-state index contributed by atoms with van der Waals surface area (Å²) in [5.41, 5.74) is 11.8. The first-order valence-corrected chi connectivity index (χ1v) is 19.2. The molecule has 0 aliphatic carbocycles. The van der Waals surface area contributed by atoms with Crippen LogP contribution in [0.4, 0.5) is 17.1 Å². The quantitative estimate of drug-likeness (QED) is 0.160. The molecule has 0 aliphatic rings. The molecule has 0 atom stereocenters. The van der Waals surface area contributed by atoms with E-state index in [1.165, 1.54) is 49.2 Å². The lowest BCUT2D eigenvalue weighted by molar-refractivity contribution is 0.673. The van der Waals surface area contributed by atoms with Crippen molar-refractivity contribution in [3.05, 3.63) is 212 Å². The van der Waals surface area contributed by atoms with Gasteiger partial charge in [0.15, 0.2) is 5.58 Å². The highest BCUT2D eigenvalue weighted by Gasteiger charge is 2.24. The normalized spacial score (nSPS) is 11.6. The summed E-state index contributed by atoms with van der Waals surface area (Å²) in [7, 11) is 0. The van der Waals surface area contributed by atoms with E-state index in [9.17, 15) is 0 Å². The van der Waals surface area contributed by atoms with Gasteiger partial charge in [0.05, 0.1) is 5.69 Å². The first-order chi connectivity index (χ1) is 27.8. The van der Waals surface area contributed by atoms with Crippen LogP contribution in [0.25, 0.3) is 87.6 Å². The predicted octanol–water partition coefficient (Wildman–Crippen LogP) is 15.5. The Kier molecular flexibility index (Phi) is 7.53. The molecule has 0 aliphatic heterocycles. The van der Waals surface area contributed by atoms with Gasteiger partial charge in [0, 0.05) is 27.5 Å². The Hall–Kier alpha value is -7.42. The van der Waals surface area contributed by atoms with Gasteiger partial charge < -0.3 is 9.32 Å². The van der Waals surface area contributed by atoms with Crippen molar-refractivity contribution in [2.75, 3.05) is 4.90 Å². The lowest BCUT2D eigenvalue weighted by Gasteiger charge is -2.27. The average Bonchev–Trinajstić information content (AvgIpc) is 3.68. The number of benzene rings is 10. The van der Waals surface area contributed by atoms with Crippen LogP contribution in [-0.4, -0.2) is 0 Å². The molecule has 0 unspecified atom stereocenters. The predicted molar refractivity (Wildman–Crippen MR) is 237 cm³/mol. The number of hydrogen-bond donors (Lipinski definition) is 0. The van der Waals surface area contributed by atoms with E-state index in [4.69, 9.17) is 4.42 Å². The monoisotopic (exact) mass is 713 g/mol. The van der Waals surface area contributed by atoms with E-state index < -0.39 is 0 Å². The number of anilines is 3. The van der Waals surface area contributed by atoms with E-state index in [2.05, 4.69) is 217 Å². The molecule has 1 aromatic heterocycles. The van der Waals surface area contributed by atoms with Crippen LogP contribution in [0.5, 0.6) is 0 Å². The molecule has 56 heavy (non-hydrogen) atoms. The molecule has 0 radical (unpaired) electrons. The Labute approximate surface area is 325 Å². The Balaban J connectivity index is 1.22. The second-order valence-electron chi connectivity index (χ2n) is 14.5. The van der Waals surface area contributed by atoms with E-state index in [0.717, 1.165) is 55.5 Å². The zero-order chi connectivity index (χ0) is 37.0. The van der Waals surface area contributed by atoms with Crippen LogP contribution in [0, 0.1) is 0 Å². The molecule has 0 N–H and O–H groups in total. The van der Waals surface area contributed by atoms with Crippen molar-refractivity contribution >= 4 is 71.3 Å². The van der Waals surface area contributed by atoms with Crippen molar-refractivity contribution in [1.29, 1.82) is 0 Å². The van der Waals surface area contributed by atoms with Crippen LogP contribution >= 0.6 is 0 Å². The van der Waals surface area contributed by atoms with Crippen LogP contribution in [-0.2, 0) is 0 Å². The van der Waals surface area contributed by atoms with Gasteiger partial charge in [0.1, 0.15) is 5.58 Å². The molecule has 0 saturated carbocycles. The fourth-order valence-electron chi connectivity index (χ4n) is 8.49. The van der Waals surface area contributed by atoms with Gasteiger partial charge >= 0.3 is 0 Å². The first-order valence-electron chi connectivity index (χ1n) is 19.2. The highest BCUT2D eigenvalue weighted by atomic mass is 16.3. The summed E-state index contributed by atoms with van der Waals surface area (Å²) in [5, 5.41) is 9.38. The molecule has 11 aromatic rings. The molecule has 262 valence electrons. The molecule has 0 amide bonds. The SMILES string of the molecule is c1ccc(-c2ccc(N(c3ccc(-c4ccccc4)cc3)c3cc(-c4ccc5ccccc5c4)cc4c3oc3c5ccccc5c5ccccc5c43)cc2)cc1. The van der Waals surface area contributed by atoms with Crippen LogP contribution in [0.2, 0.25) is 0 Å². The molecular formula is C54H35NO. The number of furan rings is 1. The zero-order valence-electron chi connectivity index (χ0n) is 30.6. The largest absolute Gasteiger partial charge is 0.453 e. The van der Waals surface area contributed by atoms with Gasteiger partial charge in [-0.2, -0.15) is 0 Å². The van der Waals surface area contributed by atoms with E-state index in [0.29, 0.717) is 0 Å². The second kappa shape index (κ2) is 13.2. The molecule has 2 nitrogen and oxygen atoms in total. The maximum atomic E-state index is 7.23. The third-order valence-corrected chi connectivity index (χ3v) is 11.2. The van der Waals surface area contributed by atoms with Gasteiger partial charge in [-0.25, -0.2) is 0 Å². The van der Waals surface area contributed by atoms with Crippen molar-refractivity contribution in [1.82, 2.24) is 0 Å². The highest BCUT2D eigenvalue weighted by Crippen LogP contribution is 2.48. The fraction of sp³-hybridized carbons (Fsp3) is 0. The third-order valence-electron chi connectivity index (χ3n) is 11.2. The average molecular weight is 714 g/mol. The summed E-state index contributed by atoms with van der Waals surface area (Å²) in [5.74, 6) is 0. The zero-order valence-corrected chi connectivity index (χ0v) is 30.6. The van der Waals surface area contributed by atoms with Crippen molar-refractivity contribution in [2.45, 2.75) is 0 Å². The van der Waals surface area contributed by atoms with Gasteiger partial charge in [-0.15, -0.1) is 0 Å². The molecular weight excluding hydrogens is 679 g/mol. The van der Waals surface area contributed by atoms with Gasteiger partial charge in [-0.3, -0.25) is 0 Å². The smallest absolute Gasteiger partial charge is 0.159 e. The Bertz CT molecular complexity index is 3130. The molecule has 0 spiro atoms. The standard InChI is InChI=1S/C54H35NO/c1-3-13-36(14-4-1)39-25-29-44(30-26-39)55(45-31-27-40(28-32-45)37-15-5-2-6-16-37)51-35-43(42-24-23-38-17-7-8-18-41(38)33-42)34-50-52-48-21-11-9-19-46(48)47-20-10-12-22-49(47)54(52)56-53(50)51/h1-35H. The van der Waals surface area contributed by atoms with E-state index >= 15 is 0 Å². The summed E-state index contributed by atoms with van der Waals surface area (Å²) in [6.45, 7) is 0. The Morgan fingerprint density at radius 3 is 1.39 bits per heavy atom. The molecule has 0 fully saturated rings. The number of rotatable bonds is 6. The molecule has 2 heteroatoms. The molecule has 1 heterocycles. The van der Waals surface area contributed by atoms with E-state index in [1.807, 2.05) is 0 Å². The van der Waals surface area contributed by atoms with Gasteiger partial charge in [-0.1, -0.05) is 170 Å². The molecule has 11 rings (SSSR count). The second-order valence-corrected chi connectivity index (χ2v) is 14.5. The van der Waals surface area contributed by atoms with Crippen LogP contribution in [0.3, 0.4) is 0 Å². The van der Waals surface area contributed by atoms with Crippen molar-refractivity contribution in [2.24, 2.45) is 0 Å². The molecule has 0 saturated heterocycles. The summed E-state index contributed by atoms with van der Waals surface area (Å²) >= 11 is 0. The highest BCUT2D eigenvalue weighted by molar-refractivity contribution is 6.31. The number of fused-ring (bicyclic) bond motifs is 9. The number of hydrogen-bond acceptors (Lipinski definition) is 2. The van der Waals surface area contributed by atoms with Crippen LogP contribution in [0.1, 0.15) is 0 Å². The van der Waals surface area contributed by atoms with Gasteiger partial charge in [0.25, 0.3) is 0 Å². The summed E-state index contributed by atoms with van der Waals surface area (Å²) in [6, 6.07) is 76.3. The molecule has 0 bridgehead atoms. The van der Waals surface area contributed by atoms with Crippen molar-refractivity contribution < 1.29 is 4.42 Å².